The van der Waals surface area contributed by atoms with Crippen LogP contribution in [0, 0.1) is 0 Å². The van der Waals surface area contributed by atoms with E-state index >= 15 is 0 Å². The smallest absolute Gasteiger partial charge is 0.416 e. The van der Waals surface area contributed by atoms with Crippen LogP contribution in [0.3, 0.4) is 0 Å². The average Bonchev–Trinajstić information content (AvgIpc) is 2.89. The molecule has 220 valence electrons. The summed E-state index contributed by atoms with van der Waals surface area (Å²) in [6.07, 6.45) is -15.7. The number of ether oxygens (including phenoxy) is 1. The van der Waals surface area contributed by atoms with Crippen LogP contribution < -0.4 is 10.2 Å². The number of fused-ring (bicyclic) bond motifs is 1. The third-order valence-electron chi connectivity index (χ3n) is 6.61. The second kappa shape index (κ2) is 11.3. The van der Waals surface area contributed by atoms with Crippen LogP contribution in [0.15, 0.2) is 66.7 Å². The Hall–Kier alpha value is -3.74. The van der Waals surface area contributed by atoms with E-state index in [0.717, 1.165) is 18.2 Å². The van der Waals surface area contributed by atoms with Gasteiger partial charge in [0.25, 0.3) is 0 Å². The molecule has 0 unspecified atom stereocenters. The summed E-state index contributed by atoms with van der Waals surface area (Å²) in [6.45, 7) is 0.987. The molecule has 0 fully saturated rings. The van der Waals surface area contributed by atoms with E-state index in [9.17, 15) is 44.3 Å². The third kappa shape index (κ3) is 7.13. The van der Waals surface area contributed by atoms with E-state index in [4.69, 9.17) is 4.74 Å². The number of nitrogens with one attached hydrogen (secondary N) is 1. The van der Waals surface area contributed by atoms with Gasteiger partial charge in [-0.2, -0.15) is 39.5 Å². The van der Waals surface area contributed by atoms with Crippen molar-refractivity contribution in [1.82, 2.24) is 5.32 Å². The Kier molecular flexibility index (Phi) is 8.30. The first kappa shape index (κ1) is 30.2. The maximum absolute atomic E-state index is 13.6. The SMILES string of the molecule is C[C@@H]1C[C@@H](NCc2cc(C(F)(F)F)cc(C(F)(F)F)c2)c2cc(C(F)(F)F)ccc2N1C(=O)OCc1ccccc1. The van der Waals surface area contributed by atoms with Crippen molar-refractivity contribution in [3.05, 3.63) is 100 Å². The highest BCUT2D eigenvalue weighted by atomic mass is 19.4. The Balaban J connectivity index is 1.64. The van der Waals surface area contributed by atoms with Crippen LogP contribution in [0.25, 0.3) is 0 Å². The van der Waals surface area contributed by atoms with Crippen molar-refractivity contribution < 1.29 is 49.0 Å². The van der Waals surface area contributed by atoms with E-state index in [2.05, 4.69) is 5.32 Å². The van der Waals surface area contributed by atoms with Crippen molar-refractivity contribution in [2.24, 2.45) is 0 Å². The molecule has 0 spiro atoms. The monoisotopic (exact) mass is 590 g/mol. The number of hydrogen-bond donors (Lipinski definition) is 1. The van der Waals surface area contributed by atoms with Gasteiger partial charge in [0.1, 0.15) is 6.61 Å². The van der Waals surface area contributed by atoms with E-state index < -0.39 is 59.9 Å². The maximum Gasteiger partial charge on any atom is 0.416 e. The lowest BCUT2D eigenvalue weighted by atomic mass is 9.90. The fraction of sp³-hybridized carbons (Fsp3) is 0.321. The van der Waals surface area contributed by atoms with Crippen molar-refractivity contribution in [3.63, 3.8) is 0 Å². The number of carbonyl (C=O) groups excluding carboxylic acids is 1. The molecule has 1 aliphatic heterocycles. The average molecular weight is 590 g/mol. The highest BCUT2D eigenvalue weighted by molar-refractivity contribution is 5.90. The molecule has 3 aromatic carbocycles. The number of nitrogens with zero attached hydrogens (tertiary/aromatic N) is 1. The number of alkyl halides is 9. The molecule has 1 amide bonds. The van der Waals surface area contributed by atoms with Crippen molar-refractivity contribution >= 4 is 11.8 Å². The highest BCUT2D eigenvalue weighted by Crippen LogP contribution is 2.42. The van der Waals surface area contributed by atoms with Gasteiger partial charge in [-0.05, 0) is 66.4 Å². The largest absolute Gasteiger partial charge is 0.444 e. The molecule has 13 heteroatoms. The van der Waals surface area contributed by atoms with Crippen LogP contribution in [0.4, 0.5) is 50.0 Å². The summed E-state index contributed by atoms with van der Waals surface area (Å²) < 4.78 is 126. The summed E-state index contributed by atoms with van der Waals surface area (Å²) in [4.78, 5) is 14.2. The molecule has 4 rings (SSSR count). The first-order valence-electron chi connectivity index (χ1n) is 12.3. The Bertz CT molecular complexity index is 1350. The van der Waals surface area contributed by atoms with Gasteiger partial charge in [-0.3, -0.25) is 4.90 Å². The van der Waals surface area contributed by atoms with Gasteiger partial charge in [-0.25, -0.2) is 4.79 Å². The molecule has 2 atom stereocenters. The molecule has 3 aromatic rings. The van der Waals surface area contributed by atoms with Crippen LogP contribution in [0.1, 0.15) is 52.8 Å². The van der Waals surface area contributed by atoms with E-state index in [1.165, 1.54) is 4.90 Å². The quantitative estimate of drug-likeness (QED) is 0.303. The molecule has 0 radical (unpaired) electrons. The van der Waals surface area contributed by atoms with Crippen LogP contribution in [-0.4, -0.2) is 12.1 Å². The van der Waals surface area contributed by atoms with Crippen LogP contribution in [0.5, 0.6) is 0 Å². The van der Waals surface area contributed by atoms with Gasteiger partial charge in [0.05, 0.1) is 22.4 Å². The van der Waals surface area contributed by atoms with E-state index in [1.807, 2.05) is 0 Å². The number of anilines is 1. The fourth-order valence-corrected chi connectivity index (χ4v) is 4.66. The van der Waals surface area contributed by atoms with Crippen LogP contribution >= 0.6 is 0 Å². The van der Waals surface area contributed by atoms with Crippen LogP contribution in [-0.2, 0) is 36.4 Å². The summed E-state index contributed by atoms with van der Waals surface area (Å²) >= 11 is 0. The Labute approximate surface area is 228 Å². The minimum absolute atomic E-state index is 0.000162. The first-order chi connectivity index (χ1) is 19.0. The molecule has 1 heterocycles. The molecule has 41 heavy (non-hydrogen) atoms. The van der Waals surface area contributed by atoms with Gasteiger partial charge in [-0.15, -0.1) is 0 Å². The summed E-state index contributed by atoms with van der Waals surface area (Å²) in [5.41, 5.74) is -3.66. The van der Waals surface area contributed by atoms with Crippen molar-refractivity contribution in [3.8, 4) is 0 Å². The zero-order valence-corrected chi connectivity index (χ0v) is 21.3. The number of rotatable bonds is 5. The normalized spacial score (nSPS) is 17.8. The Morgan fingerprint density at radius 1 is 0.805 bits per heavy atom. The van der Waals surface area contributed by atoms with Gasteiger partial charge in [-0.1, -0.05) is 30.3 Å². The molecule has 0 saturated heterocycles. The summed E-state index contributed by atoms with van der Waals surface area (Å²) in [5, 5.41) is 2.80. The Morgan fingerprint density at radius 3 is 1.95 bits per heavy atom. The number of carbonyl (C=O) groups is 1. The molecule has 0 saturated carbocycles. The van der Waals surface area contributed by atoms with E-state index in [0.29, 0.717) is 17.7 Å². The van der Waals surface area contributed by atoms with E-state index in [-0.39, 0.29) is 35.9 Å². The highest BCUT2D eigenvalue weighted by Gasteiger charge is 2.39. The molecule has 0 aromatic heterocycles. The summed E-state index contributed by atoms with van der Waals surface area (Å²) in [5.74, 6) is 0. The first-order valence-corrected chi connectivity index (χ1v) is 12.3. The lowest BCUT2D eigenvalue weighted by Crippen LogP contribution is -2.45. The number of amides is 1. The molecule has 4 nitrogen and oxygen atoms in total. The zero-order valence-electron chi connectivity index (χ0n) is 21.3. The topological polar surface area (TPSA) is 41.6 Å². The third-order valence-corrected chi connectivity index (χ3v) is 6.61. The van der Waals surface area contributed by atoms with Crippen molar-refractivity contribution in [2.75, 3.05) is 4.90 Å². The second-order valence-electron chi connectivity index (χ2n) is 9.61. The molecule has 0 bridgehead atoms. The second-order valence-corrected chi connectivity index (χ2v) is 9.61. The molecule has 0 aliphatic carbocycles. The Morgan fingerprint density at radius 2 is 1.39 bits per heavy atom. The van der Waals surface area contributed by atoms with Gasteiger partial charge in [0.15, 0.2) is 0 Å². The standard InChI is InChI=1S/C28H23F9N2O2/c1-16-9-23(38-14-18-10-20(27(32,33)34)12-21(11-18)28(35,36)37)22-13-19(26(29,30)31)7-8-24(22)39(16)25(40)41-15-17-5-3-2-4-6-17/h2-8,10-13,16,23,38H,9,14-15H2,1H3/t16-,23-/m1/s1. The lowest BCUT2D eigenvalue weighted by molar-refractivity contribution is -0.143. The van der Waals surface area contributed by atoms with Gasteiger partial charge in [0, 0.05) is 18.6 Å². The minimum atomic E-state index is -5.05. The van der Waals surface area contributed by atoms with Crippen LogP contribution in [0.2, 0.25) is 0 Å². The fourth-order valence-electron chi connectivity index (χ4n) is 4.66. The molecular formula is C28H23F9N2O2. The molecule has 1 N–H and O–H groups in total. The van der Waals surface area contributed by atoms with Gasteiger partial charge in [0.2, 0.25) is 0 Å². The number of halogens is 9. The lowest BCUT2D eigenvalue weighted by Gasteiger charge is -2.39. The van der Waals surface area contributed by atoms with Gasteiger partial charge >= 0.3 is 24.6 Å². The molecular weight excluding hydrogens is 567 g/mol. The van der Waals surface area contributed by atoms with E-state index in [1.54, 1.807) is 37.3 Å². The van der Waals surface area contributed by atoms with Gasteiger partial charge < -0.3 is 10.1 Å². The molecule has 1 aliphatic rings. The minimum Gasteiger partial charge on any atom is -0.444 e. The predicted molar refractivity (Wildman–Crippen MR) is 131 cm³/mol. The number of benzene rings is 3. The maximum atomic E-state index is 13.6. The zero-order chi connectivity index (χ0) is 30.2. The summed E-state index contributed by atoms with van der Waals surface area (Å²) in [7, 11) is 0. The van der Waals surface area contributed by atoms with Crippen molar-refractivity contribution in [1.29, 1.82) is 0 Å². The van der Waals surface area contributed by atoms with Crippen molar-refractivity contribution in [2.45, 2.75) is 57.1 Å². The number of hydrogen-bond acceptors (Lipinski definition) is 3. The predicted octanol–water partition coefficient (Wildman–Crippen LogP) is 8.51. The summed E-state index contributed by atoms with van der Waals surface area (Å²) in [6, 6.07) is 10.9.